The van der Waals surface area contributed by atoms with Crippen LogP contribution in [-0.4, -0.2) is 35.2 Å². The van der Waals surface area contributed by atoms with Crippen LogP contribution in [0, 0.1) is 12.7 Å². The van der Waals surface area contributed by atoms with Crippen LogP contribution in [0.4, 0.5) is 17.6 Å². The number of nitrogens with one attached hydrogen (secondary N) is 1. The summed E-state index contributed by atoms with van der Waals surface area (Å²) in [5.74, 6) is -1.50. The molecule has 2 heterocycles. The van der Waals surface area contributed by atoms with Gasteiger partial charge in [0.15, 0.2) is 0 Å². The first-order chi connectivity index (χ1) is 14.4. The van der Waals surface area contributed by atoms with E-state index in [9.17, 15) is 26.0 Å². The molecule has 0 atom stereocenters. The number of aryl methyl sites for hydroxylation is 1. The summed E-state index contributed by atoms with van der Waals surface area (Å²) >= 11 is 0. The fourth-order valence-corrected chi connectivity index (χ4v) is 3.12. The van der Waals surface area contributed by atoms with Crippen LogP contribution in [0.3, 0.4) is 0 Å². The van der Waals surface area contributed by atoms with E-state index in [1.165, 1.54) is 24.4 Å². The summed E-state index contributed by atoms with van der Waals surface area (Å²) in [4.78, 5) is 3.98. The smallest absolute Gasteiger partial charge is 0.490 e. The molecule has 0 aliphatic rings. The van der Waals surface area contributed by atoms with Gasteiger partial charge in [-0.05, 0) is 45.0 Å². The third-order valence-corrected chi connectivity index (χ3v) is 4.98. The van der Waals surface area contributed by atoms with E-state index in [0.717, 1.165) is 12.1 Å². The van der Waals surface area contributed by atoms with Crippen molar-refractivity contribution < 1.29 is 34.9 Å². The number of ether oxygens (including phenoxy) is 1. The van der Waals surface area contributed by atoms with Gasteiger partial charge in [0.1, 0.15) is 11.6 Å². The molecule has 0 spiro atoms. The van der Waals surface area contributed by atoms with Crippen molar-refractivity contribution >= 4 is 10.1 Å². The lowest BCUT2D eigenvalue weighted by molar-refractivity contribution is -0.0501. The Labute approximate surface area is 175 Å². The van der Waals surface area contributed by atoms with Gasteiger partial charge in [-0.3, -0.25) is 5.10 Å². The number of hydrogen-bond donors (Lipinski definition) is 1. The Morgan fingerprint density at radius 1 is 1.06 bits per heavy atom. The third-order valence-electron chi connectivity index (χ3n) is 4.03. The first kappa shape index (κ1) is 22.5. The van der Waals surface area contributed by atoms with Gasteiger partial charge >= 0.3 is 15.6 Å². The number of nitrogens with zero attached hydrogens (tertiary/aromatic N) is 2. The van der Waals surface area contributed by atoms with Crippen molar-refractivity contribution in [1.82, 2.24) is 15.2 Å². The van der Waals surface area contributed by atoms with E-state index in [1.807, 2.05) is 0 Å². The number of hydrogen-bond acceptors (Lipinski definition) is 6. The maximum atomic E-state index is 13.8. The summed E-state index contributed by atoms with van der Waals surface area (Å²) in [5.41, 5.74) is -4.60. The van der Waals surface area contributed by atoms with Crippen LogP contribution in [0.25, 0.3) is 22.4 Å². The molecule has 0 unspecified atom stereocenters. The average Bonchev–Trinajstić information content (AvgIpc) is 3.06. The lowest BCUT2D eigenvalue weighted by Crippen LogP contribution is -2.28. The Morgan fingerprint density at radius 3 is 2.32 bits per heavy atom. The Morgan fingerprint density at radius 2 is 1.74 bits per heavy atom. The highest BCUT2D eigenvalue weighted by Crippen LogP contribution is 2.39. The van der Waals surface area contributed by atoms with Gasteiger partial charge < -0.3 is 8.92 Å². The lowest BCUT2D eigenvalue weighted by atomic mass is 10.0. The minimum absolute atomic E-state index is 0.0155. The molecule has 2 aromatic heterocycles. The summed E-state index contributed by atoms with van der Waals surface area (Å²) in [6.45, 7) is 4.99. The highest BCUT2D eigenvalue weighted by molar-refractivity contribution is 7.88. The Balaban J connectivity index is 2.22. The summed E-state index contributed by atoms with van der Waals surface area (Å²) in [7, 11) is -6.02. The third kappa shape index (κ3) is 4.79. The van der Waals surface area contributed by atoms with E-state index in [0.29, 0.717) is 11.3 Å². The number of aromatic amines is 1. The standard InChI is InChI=1S/C19H17F4N3O4S/c1-10(2)29-17-8-12(20)4-5-13(17)14-6-7-16(15-9-24-26-11(15)3)25-18(14)30-31(27,28)19(21,22)23/h4-10H,1-3H3,(H,24,26). The zero-order valence-corrected chi connectivity index (χ0v) is 17.3. The van der Waals surface area contributed by atoms with Gasteiger partial charge in [-0.15, -0.1) is 0 Å². The first-order valence-electron chi connectivity index (χ1n) is 8.88. The van der Waals surface area contributed by atoms with Crippen LogP contribution in [0.2, 0.25) is 0 Å². The number of halogens is 4. The number of aromatic nitrogens is 3. The summed E-state index contributed by atoms with van der Waals surface area (Å²) < 4.78 is 86.0. The molecule has 0 amide bonds. The number of benzene rings is 1. The Kier molecular flexibility index (Phi) is 5.94. The van der Waals surface area contributed by atoms with Crippen molar-refractivity contribution in [1.29, 1.82) is 0 Å². The normalized spacial score (nSPS) is 12.3. The fourth-order valence-electron chi connectivity index (χ4n) is 2.69. The molecule has 7 nitrogen and oxygen atoms in total. The maximum absolute atomic E-state index is 13.8. The van der Waals surface area contributed by atoms with Gasteiger partial charge in [-0.25, -0.2) is 9.37 Å². The van der Waals surface area contributed by atoms with Gasteiger partial charge in [0.05, 0.1) is 18.0 Å². The number of H-pyrrole nitrogens is 1. The number of pyridine rings is 1. The molecule has 0 radical (unpaired) electrons. The SMILES string of the molecule is Cc1[nH]ncc1-c1ccc(-c2ccc(F)cc2OC(C)C)c(OS(=O)(=O)C(F)(F)F)n1. The van der Waals surface area contributed by atoms with Crippen LogP contribution < -0.4 is 8.92 Å². The van der Waals surface area contributed by atoms with E-state index in [2.05, 4.69) is 19.4 Å². The first-order valence-corrected chi connectivity index (χ1v) is 10.3. The van der Waals surface area contributed by atoms with Crippen LogP contribution in [0.1, 0.15) is 19.5 Å². The second-order valence-electron chi connectivity index (χ2n) is 6.75. The predicted molar refractivity (Wildman–Crippen MR) is 103 cm³/mol. The second kappa shape index (κ2) is 8.17. The molecule has 31 heavy (non-hydrogen) atoms. The van der Waals surface area contributed by atoms with Crippen LogP contribution in [0.5, 0.6) is 11.6 Å². The van der Waals surface area contributed by atoms with Gasteiger partial charge in [-0.2, -0.15) is 26.7 Å². The zero-order chi connectivity index (χ0) is 23.0. The lowest BCUT2D eigenvalue weighted by Gasteiger charge is -2.17. The number of rotatable bonds is 6. The largest absolute Gasteiger partial charge is 0.534 e. The van der Waals surface area contributed by atoms with E-state index in [1.54, 1.807) is 20.8 Å². The Bertz CT molecular complexity index is 1210. The van der Waals surface area contributed by atoms with Crippen molar-refractivity contribution in [2.45, 2.75) is 32.4 Å². The highest BCUT2D eigenvalue weighted by atomic mass is 32.2. The summed E-state index contributed by atoms with van der Waals surface area (Å²) in [5, 5.41) is 6.46. The van der Waals surface area contributed by atoms with Crippen molar-refractivity contribution in [2.75, 3.05) is 0 Å². The minimum Gasteiger partial charge on any atom is -0.490 e. The molecule has 0 aliphatic heterocycles. The topological polar surface area (TPSA) is 94.2 Å². The highest BCUT2D eigenvalue weighted by Gasteiger charge is 2.49. The fraction of sp³-hybridized carbons (Fsp3) is 0.263. The van der Waals surface area contributed by atoms with Crippen LogP contribution in [-0.2, 0) is 10.1 Å². The van der Waals surface area contributed by atoms with Gasteiger partial charge in [0.25, 0.3) is 0 Å². The predicted octanol–water partition coefficient (Wildman–Crippen LogP) is 4.60. The van der Waals surface area contributed by atoms with E-state index in [4.69, 9.17) is 4.74 Å². The quantitative estimate of drug-likeness (QED) is 0.329. The van der Waals surface area contributed by atoms with E-state index in [-0.39, 0.29) is 22.6 Å². The molecule has 1 aromatic carbocycles. The molecule has 0 fully saturated rings. The van der Waals surface area contributed by atoms with Gasteiger partial charge in [0, 0.05) is 28.5 Å². The molecule has 0 saturated heterocycles. The van der Waals surface area contributed by atoms with Crippen LogP contribution in [0.15, 0.2) is 36.5 Å². The van der Waals surface area contributed by atoms with Crippen molar-refractivity contribution in [3.05, 3.63) is 48.0 Å². The monoisotopic (exact) mass is 459 g/mol. The summed E-state index contributed by atoms with van der Waals surface area (Å²) in [6, 6.07) is 6.09. The van der Waals surface area contributed by atoms with Gasteiger partial charge in [-0.1, -0.05) is 0 Å². The molecule has 0 aliphatic carbocycles. The average molecular weight is 459 g/mol. The van der Waals surface area contributed by atoms with E-state index < -0.39 is 33.4 Å². The number of alkyl halides is 3. The molecule has 0 bridgehead atoms. The molecule has 3 aromatic rings. The zero-order valence-electron chi connectivity index (χ0n) is 16.5. The molecule has 0 saturated carbocycles. The molecular weight excluding hydrogens is 442 g/mol. The van der Waals surface area contributed by atoms with Crippen molar-refractivity contribution in [3.8, 4) is 34.0 Å². The van der Waals surface area contributed by atoms with Crippen LogP contribution >= 0.6 is 0 Å². The molecule has 1 N–H and O–H groups in total. The van der Waals surface area contributed by atoms with E-state index >= 15 is 0 Å². The molecular formula is C19H17F4N3O4S. The van der Waals surface area contributed by atoms with Crippen molar-refractivity contribution in [2.24, 2.45) is 0 Å². The van der Waals surface area contributed by atoms with Crippen molar-refractivity contribution in [3.63, 3.8) is 0 Å². The molecule has 3 rings (SSSR count). The second-order valence-corrected chi connectivity index (χ2v) is 8.29. The molecule has 12 heteroatoms. The minimum atomic E-state index is -6.02. The van der Waals surface area contributed by atoms with Gasteiger partial charge in [0.2, 0.25) is 5.88 Å². The summed E-state index contributed by atoms with van der Waals surface area (Å²) in [6.07, 6.45) is 0.981. The maximum Gasteiger partial charge on any atom is 0.534 e. The Hall–Kier alpha value is -3.15. The molecule has 166 valence electrons.